The van der Waals surface area contributed by atoms with Crippen LogP contribution in [0.1, 0.15) is 22.5 Å². The first-order valence-electron chi connectivity index (χ1n) is 6.87. The molecule has 7 heteroatoms. The molecule has 1 atom stereocenters. The summed E-state index contributed by atoms with van der Waals surface area (Å²) in [5, 5.41) is 35.1. The number of nitrogens with zero attached hydrogens (tertiary/aromatic N) is 4. The van der Waals surface area contributed by atoms with Gasteiger partial charge in [0.15, 0.2) is 5.69 Å². The number of para-hydroxylation sites is 1. The molecular weight excluding hydrogens is 284 g/mol. The third kappa shape index (κ3) is 3.42. The lowest BCUT2D eigenvalue weighted by atomic mass is 10.1. The van der Waals surface area contributed by atoms with Crippen LogP contribution in [-0.4, -0.2) is 37.9 Å². The second kappa shape index (κ2) is 7.02. The van der Waals surface area contributed by atoms with E-state index >= 15 is 0 Å². The molecule has 0 aliphatic heterocycles. The van der Waals surface area contributed by atoms with E-state index in [9.17, 15) is 5.11 Å². The first-order valence-corrected chi connectivity index (χ1v) is 6.87. The number of hydrogen-bond donors (Lipinski definition) is 2. The topological polar surface area (TPSA) is 104 Å². The van der Waals surface area contributed by atoms with Crippen molar-refractivity contribution in [2.24, 2.45) is 0 Å². The van der Waals surface area contributed by atoms with Crippen molar-refractivity contribution < 1.29 is 14.9 Å². The molecule has 0 spiro atoms. The molecule has 0 saturated heterocycles. The molecule has 22 heavy (non-hydrogen) atoms. The average molecular weight is 302 g/mol. The molecule has 1 unspecified atom stereocenters. The van der Waals surface area contributed by atoms with Crippen molar-refractivity contribution in [1.29, 1.82) is 5.26 Å². The van der Waals surface area contributed by atoms with Crippen LogP contribution in [0.25, 0.3) is 0 Å². The molecule has 7 nitrogen and oxygen atoms in total. The highest BCUT2D eigenvalue weighted by Gasteiger charge is 2.16. The summed E-state index contributed by atoms with van der Waals surface area (Å²) in [7, 11) is 0. The second-order valence-corrected chi connectivity index (χ2v) is 5.02. The van der Waals surface area contributed by atoms with Gasteiger partial charge in [0.2, 0.25) is 0 Å². The first-order chi connectivity index (χ1) is 10.6. The van der Waals surface area contributed by atoms with Gasteiger partial charge in [-0.05, 0) is 25.0 Å². The molecule has 0 fully saturated rings. The SMILES string of the molecule is Cc1cccc(C)c1OCc1c(C#N)nnn1CC(O)CO. The Kier molecular flexibility index (Phi) is 5.09. The van der Waals surface area contributed by atoms with Gasteiger partial charge in [0.1, 0.15) is 24.1 Å². The molecule has 0 aliphatic carbocycles. The first kappa shape index (κ1) is 15.9. The maximum Gasteiger partial charge on any atom is 0.189 e. The smallest absolute Gasteiger partial charge is 0.189 e. The Morgan fingerprint density at radius 3 is 2.64 bits per heavy atom. The van der Waals surface area contributed by atoms with E-state index in [0.29, 0.717) is 5.69 Å². The number of benzene rings is 1. The highest BCUT2D eigenvalue weighted by molar-refractivity contribution is 5.40. The molecule has 116 valence electrons. The number of rotatable bonds is 6. The second-order valence-electron chi connectivity index (χ2n) is 5.02. The van der Waals surface area contributed by atoms with Gasteiger partial charge in [0.25, 0.3) is 0 Å². The Morgan fingerprint density at radius 1 is 1.36 bits per heavy atom. The summed E-state index contributed by atoms with van der Waals surface area (Å²) in [5.41, 5.74) is 2.61. The number of aryl methyl sites for hydroxylation is 2. The quantitative estimate of drug-likeness (QED) is 0.814. The number of aromatic nitrogens is 3. The van der Waals surface area contributed by atoms with Crippen molar-refractivity contribution >= 4 is 0 Å². The Labute approximate surface area is 128 Å². The fourth-order valence-electron chi connectivity index (χ4n) is 2.13. The molecule has 1 aromatic heterocycles. The van der Waals surface area contributed by atoms with Crippen LogP contribution in [-0.2, 0) is 13.2 Å². The van der Waals surface area contributed by atoms with Gasteiger partial charge in [0, 0.05) is 0 Å². The van der Waals surface area contributed by atoms with Gasteiger partial charge >= 0.3 is 0 Å². The van der Waals surface area contributed by atoms with Gasteiger partial charge < -0.3 is 14.9 Å². The van der Waals surface area contributed by atoms with Crippen molar-refractivity contribution in [3.63, 3.8) is 0 Å². The van der Waals surface area contributed by atoms with Crippen molar-refractivity contribution in [2.75, 3.05) is 6.61 Å². The zero-order chi connectivity index (χ0) is 16.1. The molecule has 0 saturated carbocycles. The van der Waals surface area contributed by atoms with Crippen molar-refractivity contribution in [3.8, 4) is 11.8 Å². The Morgan fingerprint density at radius 2 is 2.05 bits per heavy atom. The monoisotopic (exact) mass is 302 g/mol. The third-order valence-electron chi connectivity index (χ3n) is 3.30. The van der Waals surface area contributed by atoms with Crippen molar-refractivity contribution in [1.82, 2.24) is 15.0 Å². The standard InChI is InChI=1S/C15H18N4O3/c1-10-4-3-5-11(2)15(10)22-9-14-13(6-16)17-18-19(14)7-12(21)8-20/h3-5,12,20-21H,7-9H2,1-2H3. The third-order valence-corrected chi connectivity index (χ3v) is 3.30. The van der Waals surface area contributed by atoms with Crippen LogP contribution in [0.4, 0.5) is 0 Å². The summed E-state index contributed by atoms with van der Waals surface area (Å²) in [5.74, 6) is 0.752. The van der Waals surface area contributed by atoms with E-state index < -0.39 is 6.10 Å². The van der Waals surface area contributed by atoms with Gasteiger partial charge in [-0.15, -0.1) is 5.10 Å². The Balaban J connectivity index is 2.22. The van der Waals surface area contributed by atoms with Gasteiger partial charge in [-0.1, -0.05) is 23.4 Å². The normalized spacial score (nSPS) is 12.0. The van der Waals surface area contributed by atoms with Crippen LogP contribution in [0.2, 0.25) is 0 Å². The van der Waals surface area contributed by atoms with Crippen molar-refractivity contribution in [3.05, 3.63) is 40.7 Å². The van der Waals surface area contributed by atoms with E-state index in [1.165, 1.54) is 4.68 Å². The molecule has 0 radical (unpaired) electrons. The molecule has 0 bridgehead atoms. The molecule has 2 aromatic rings. The van der Waals surface area contributed by atoms with Crippen molar-refractivity contribution in [2.45, 2.75) is 33.1 Å². The fourth-order valence-corrected chi connectivity index (χ4v) is 2.13. The lowest BCUT2D eigenvalue weighted by molar-refractivity contribution is 0.0761. The van der Waals surface area contributed by atoms with Crippen LogP contribution in [0, 0.1) is 25.2 Å². The number of aliphatic hydroxyl groups is 2. The van der Waals surface area contributed by atoms with Crippen LogP contribution < -0.4 is 4.74 Å². The number of nitriles is 1. The Hall–Kier alpha value is -2.43. The van der Waals surface area contributed by atoms with E-state index in [4.69, 9.17) is 15.1 Å². The number of aliphatic hydroxyl groups excluding tert-OH is 2. The zero-order valence-corrected chi connectivity index (χ0v) is 12.5. The zero-order valence-electron chi connectivity index (χ0n) is 12.5. The minimum Gasteiger partial charge on any atom is -0.487 e. The van der Waals surface area contributed by atoms with E-state index in [0.717, 1.165) is 16.9 Å². The highest BCUT2D eigenvalue weighted by Crippen LogP contribution is 2.23. The molecule has 0 aliphatic rings. The summed E-state index contributed by atoms with van der Waals surface area (Å²) >= 11 is 0. The van der Waals surface area contributed by atoms with E-state index in [1.54, 1.807) is 0 Å². The summed E-state index contributed by atoms with van der Waals surface area (Å²) in [4.78, 5) is 0. The van der Waals surface area contributed by atoms with E-state index in [-0.39, 0.29) is 25.5 Å². The lowest BCUT2D eigenvalue weighted by Gasteiger charge is -2.13. The van der Waals surface area contributed by atoms with Crippen LogP contribution in [0.15, 0.2) is 18.2 Å². The molecule has 0 amide bonds. The van der Waals surface area contributed by atoms with E-state index in [1.807, 2.05) is 38.1 Å². The Bertz CT molecular complexity index is 670. The molecule has 2 rings (SSSR count). The molecular formula is C15H18N4O3. The highest BCUT2D eigenvalue weighted by atomic mass is 16.5. The van der Waals surface area contributed by atoms with Crippen LogP contribution >= 0.6 is 0 Å². The number of ether oxygens (including phenoxy) is 1. The largest absolute Gasteiger partial charge is 0.487 e. The summed E-state index contributed by atoms with van der Waals surface area (Å²) in [6.07, 6.45) is -0.966. The van der Waals surface area contributed by atoms with E-state index in [2.05, 4.69) is 10.3 Å². The lowest BCUT2D eigenvalue weighted by Crippen LogP contribution is -2.22. The summed E-state index contributed by atoms with van der Waals surface area (Å²) in [6, 6.07) is 7.79. The maximum absolute atomic E-state index is 9.53. The number of hydrogen-bond acceptors (Lipinski definition) is 6. The summed E-state index contributed by atoms with van der Waals surface area (Å²) < 4.78 is 7.20. The van der Waals surface area contributed by atoms with Crippen LogP contribution in [0.5, 0.6) is 5.75 Å². The minimum atomic E-state index is -0.966. The van der Waals surface area contributed by atoms with Gasteiger partial charge in [-0.25, -0.2) is 4.68 Å². The van der Waals surface area contributed by atoms with Gasteiger partial charge in [-0.3, -0.25) is 0 Å². The minimum absolute atomic E-state index is 0.0522. The van der Waals surface area contributed by atoms with Gasteiger partial charge in [-0.2, -0.15) is 5.26 Å². The van der Waals surface area contributed by atoms with Gasteiger partial charge in [0.05, 0.1) is 19.3 Å². The predicted molar refractivity (Wildman–Crippen MR) is 78.1 cm³/mol. The molecule has 1 heterocycles. The van der Waals surface area contributed by atoms with Crippen LogP contribution in [0.3, 0.4) is 0 Å². The fraction of sp³-hybridized carbons (Fsp3) is 0.400. The summed E-state index contributed by atoms with van der Waals surface area (Å²) in [6.45, 7) is 3.66. The molecule has 2 N–H and O–H groups in total. The predicted octanol–water partition coefficient (Wildman–Crippen LogP) is 0.699. The molecule has 1 aromatic carbocycles. The average Bonchev–Trinajstić information content (AvgIpc) is 2.88. The maximum atomic E-state index is 9.53.